The summed E-state index contributed by atoms with van der Waals surface area (Å²) in [6.45, 7) is 3.62. The van der Waals surface area contributed by atoms with Gasteiger partial charge in [0.25, 0.3) is 0 Å². The molecular formula is C17H24N4O2S. The third kappa shape index (κ3) is 2.53. The van der Waals surface area contributed by atoms with Crippen LogP contribution in [0.15, 0.2) is 6.20 Å². The molecule has 0 saturated carbocycles. The molecule has 0 aliphatic carbocycles. The van der Waals surface area contributed by atoms with Crippen LogP contribution in [-0.2, 0) is 29.1 Å². The Hall–Kier alpha value is -1.50. The molecule has 0 bridgehead atoms. The molecule has 2 fully saturated rings. The fourth-order valence-corrected chi connectivity index (χ4v) is 5.55. The number of fused-ring (bicyclic) bond motifs is 2. The van der Waals surface area contributed by atoms with Gasteiger partial charge in [-0.2, -0.15) is 0 Å². The molecule has 1 aromatic heterocycles. The molecule has 0 aromatic carbocycles. The molecule has 0 radical (unpaired) electrons. The molecule has 2 amide bonds. The lowest BCUT2D eigenvalue weighted by Gasteiger charge is -2.31. The highest BCUT2D eigenvalue weighted by atomic mass is 32.2. The van der Waals surface area contributed by atoms with Crippen LogP contribution in [0.25, 0.3) is 0 Å². The first-order valence-corrected chi connectivity index (χ1v) is 9.72. The van der Waals surface area contributed by atoms with Gasteiger partial charge in [0.05, 0.1) is 17.1 Å². The number of aryl methyl sites for hydroxylation is 2. The number of aromatic nitrogens is 2. The van der Waals surface area contributed by atoms with E-state index in [1.807, 2.05) is 11.9 Å². The zero-order valence-electron chi connectivity index (χ0n) is 14.3. The Kier molecular flexibility index (Phi) is 3.86. The van der Waals surface area contributed by atoms with Crippen LogP contribution in [0.4, 0.5) is 0 Å². The zero-order chi connectivity index (χ0) is 16.9. The lowest BCUT2D eigenvalue weighted by molar-refractivity contribution is -0.143. The van der Waals surface area contributed by atoms with Gasteiger partial charge in [-0.15, -0.1) is 11.8 Å². The summed E-state index contributed by atoms with van der Waals surface area (Å²) in [5, 5.41) is 0. The second-order valence-corrected chi connectivity index (χ2v) is 8.76. The number of amides is 2. The van der Waals surface area contributed by atoms with E-state index in [-0.39, 0.29) is 22.7 Å². The third-order valence-corrected chi connectivity index (χ3v) is 6.97. The smallest absolute Gasteiger partial charge is 0.246 e. The summed E-state index contributed by atoms with van der Waals surface area (Å²) in [6.07, 6.45) is 6.90. The van der Waals surface area contributed by atoms with Crippen molar-refractivity contribution in [2.45, 2.75) is 63.0 Å². The second kappa shape index (κ2) is 5.79. The molecule has 4 rings (SSSR count). The molecule has 4 heterocycles. The van der Waals surface area contributed by atoms with Crippen molar-refractivity contribution in [3.8, 4) is 0 Å². The Labute approximate surface area is 146 Å². The number of carbonyl (C=O) groups is 2. The van der Waals surface area contributed by atoms with Gasteiger partial charge in [0.1, 0.15) is 11.9 Å². The number of hydrogen-bond acceptors (Lipinski definition) is 4. The van der Waals surface area contributed by atoms with Gasteiger partial charge in [-0.3, -0.25) is 9.59 Å². The summed E-state index contributed by atoms with van der Waals surface area (Å²) in [5.41, 5.74) is 0.948. The van der Waals surface area contributed by atoms with Crippen LogP contribution in [0.3, 0.4) is 0 Å². The van der Waals surface area contributed by atoms with E-state index in [0.29, 0.717) is 18.7 Å². The van der Waals surface area contributed by atoms with Crippen molar-refractivity contribution in [2.75, 3.05) is 12.8 Å². The Morgan fingerprint density at radius 2 is 2.29 bits per heavy atom. The molecule has 1 aromatic rings. The first-order valence-electron chi connectivity index (χ1n) is 8.74. The maximum atomic E-state index is 12.9. The van der Waals surface area contributed by atoms with E-state index < -0.39 is 0 Å². The lowest BCUT2D eigenvalue weighted by Crippen LogP contribution is -2.50. The molecule has 2 atom stereocenters. The quantitative estimate of drug-likeness (QED) is 0.833. The van der Waals surface area contributed by atoms with Gasteiger partial charge in [-0.05, 0) is 26.2 Å². The van der Waals surface area contributed by atoms with E-state index in [1.165, 1.54) is 12.8 Å². The van der Waals surface area contributed by atoms with Gasteiger partial charge in [-0.25, -0.2) is 4.98 Å². The van der Waals surface area contributed by atoms with Gasteiger partial charge in [0, 0.05) is 38.4 Å². The van der Waals surface area contributed by atoms with Gasteiger partial charge in [0.2, 0.25) is 11.8 Å². The van der Waals surface area contributed by atoms with E-state index in [2.05, 4.69) is 22.7 Å². The molecular weight excluding hydrogens is 324 g/mol. The fourth-order valence-electron chi connectivity index (χ4n) is 4.13. The number of nitrogens with zero attached hydrogens (tertiary/aromatic N) is 4. The molecule has 24 heavy (non-hydrogen) atoms. The van der Waals surface area contributed by atoms with E-state index >= 15 is 0 Å². The number of carbonyl (C=O) groups excluding carboxylic acids is 2. The molecule has 3 aliphatic heterocycles. The van der Waals surface area contributed by atoms with E-state index in [9.17, 15) is 9.59 Å². The second-order valence-electron chi connectivity index (χ2n) is 7.26. The monoisotopic (exact) mass is 348 g/mol. The average Bonchev–Trinajstić information content (AvgIpc) is 3.20. The van der Waals surface area contributed by atoms with Crippen molar-refractivity contribution < 1.29 is 9.59 Å². The Bertz CT molecular complexity index is 665. The highest BCUT2D eigenvalue weighted by molar-refractivity contribution is 8.01. The SMILES string of the molecule is CN(Cc1cn2c(n1)CCCC2)C(=O)[C@H]1CS[C@]2(C)CCC(=O)N12. The van der Waals surface area contributed by atoms with Crippen LogP contribution in [-0.4, -0.2) is 54.9 Å². The first-order chi connectivity index (χ1) is 11.5. The summed E-state index contributed by atoms with van der Waals surface area (Å²) < 4.78 is 2.21. The molecule has 0 N–H and O–H groups in total. The molecule has 2 saturated heterocycles. The van der Waals surface area contributed by atoms with Gasteiger partial charge < -0.3 is 14.4 Å². The van der Waals surface area contributed by atoms with Crippen molar-refractivity contribution in [1.29, 1.82) is 0 Å². The first kappa shape index (κ1) is 16.0. The van der Waals surface area contributed by atoms with E-state index in [0.717, 1.165) is 30.9 Å². The molecule has 7 heteroatoms. The van der Waals surface area contributed by atoms with Gasteiger partial charge >= 0.3 is 0 Å². The summed E-state index contributed by atoms with van der Waals surface area (Å²) in [4.78, 5) is 33.2. The van der Waals surface area contributed by atoms with Crippen molar-refractivity contribution in [3.05, 3.63) is 17.7 Å². The average molecular weight is 348 g/mol. The van der Waals surface area contributed by atoms with Gasteiger partial charge in [-0.1, -0.05) is 0 Å². The minimum absolute atomic E-state index is 0.0347. The summed E-state index contributed by atoms with van der Waals surface area (Å²) in [7, 11) is 1.82. The van der Waals surface area contributed by atoms with Crippen LogP contribution in [0, 0.1) is 0 Å². The Morgan fingerprint density at radius 1 is 1.46 bits per heavy atom. The largest absolute Gasteiger partial charge is 0.338 e. The van der Waals surface area contributed by atoms with Crippen LogP contribution in [0.1, 0.15) is 44.1 Å². The van der Waals surface area contributed by atoms with E-state index in [4.69, 9.17) is 0 Å². The predicted octanol–water partition coefficient (Wildman–Crippen LogP) is 1.63. The van der Waals surface area contributed by atoms with Crippen molar-refractivity contribution in [2.24, 2.45) is 0 Å². The number of imidazole rings is 1. The van der Waals surface area contributed by atoms with Crippen molar-refractivity contribution in [1.82, 2.24) is 19.4 Å². The number of likely N-dealkylation sites (N-methyl/N-ethyl adjacent to an activating group) is 1. The van der Waals surface area contributed by atoms with Crippen LogP contribution >= 0.6 is 11.8 Å². The number of thioether (sulfide) groups is 1. The predicted molar refractivity (Wildman–Crippen MR) is 92.4 cm³/mol. The number of hydrogen-bond donors (Lipinski definition) is 0. The Morgan fingerprint density at radius 3 is 3.08 bits per heavy atom. The zero-order valence-corrected chi connectivity index (χ0v) is 15.1. The molecule has 0 spiro atoms. The van der Waals surface area contributed by atoms with Gasteiger partial charge in [0.15, 0.2) is 0 Å². The molecule has 130 valence electrons. The third-order valence-electron chi connectivity index (χ3n) is 5.46. The maximum absolute atomic E-state index is 12.9. The van der Waals surface area contributed by atoms with Crippen LogP contribution in [0.2, 0.25) is 0 Å². The number of rotatable bonds is 3. The minimum atomic E-state index is -0.322. The van der Waals surface area contributed by atoms with Crippen LogP contribution < -0.4 is 0 Å². The maximum Gasteiger partial charge on any atom is 0.246 e. The van der Waals surface area contributed by atoms with Crippen LogP contribution in [0.5, 0.6) is 0 Å². The highest BCUT2D eigenvalue weighted by Crippen LogP contribution is 2.47. The van der Waals surface area contributed by atoms with E-state index in [1.54, 1.807) is 16.7 Å². The molecule has 0 unspecified atom stereocenters. The topological polar surface area (TPSA) is 58.4 Å². The normalized spacial score (nSPS) is 28.8. The van der Waals surface area contributed by atoms with Crippen molar-refractivity contribution >= 4 is 23.6 Å². The van der Waals surface area contributed by atoms with Crippen molar-refractivity contribution in [3.63, 3.8) is 0 Å². The summed E-state index contributed by atoms with van der Waals surface area (Å²) in [5.74, 6) is 1.99. The summed E-state index contributed by atoms with van der Waals surface area (Å²) in [6, 6.07) is -0.322. The fraction of sp³-hybridized carbons (Fsp3) is 0.706. The highest BCUT2D eigenvalue weighted by Gasteiger charge is 2.53. The molecule has 3 aliphatic rings. The Balaban J connectivity index is 1.46. The lowest BCUT2D eigenvalue weighted by atomic mass is 10.2. The standard InChI is InChI=1S/C17H24N4O2S/c1-17-7-6-15(22)21(17)13(11-24-17)16(23)19(2)9-12-10-20-8-4-3-5-14(20)18-12/h10,13H,3-9,11H2,1-2H3/t13-,17-/m1/s1. The summed E-state index contributed by atoms with van der Waals surface area (Å²) >= 11 is 1.74. The minimum Gasteiger partial charge on any atom is -0.338 e. The molecule has 6 nitrogen and oxygen atoms in total.